The normalized spacial score (nSPS) is 10.5. The third kappa shape index (κ3) is 2.55. The van der Waals surface area contributed by atoms with E-state index in [0.717, 1.165) is 5.56 Å². The van der Waals surface area contributed by atoms with Crippen molar-refractivity contribution in [3.63, 3.8) is 0 Å². The summed E-state index contributed by atoms with van der Waals surface area (Å²) in [6, 6.07) is 7.51. The Labute approximate surface area is 92.1 Å². The minimum absolute atomic E-state index is 0.271. The summed E-state index contributed by atoms with van der Waals surface area (Å²) in [4.78, 5) is 0. The highest BCUT2D eigenvalue weighted by Crippen LogP contribution is 2.12. The number of hydrogen-bond acceptors (Lipinski definition) is 4. The van der Waals surface area contributed by atoms with Crippen molar-refractivity contribution in [3.05, 3.63) is 46.6 Å². The second-order valence-corrected chi connectivity index (χ2v) is 3.53. The lowest BCUT2D eigenvalue weighted by atomic mass is 10.1. The van der Waals surface area contributed by atoms with Gasteiger partial charge in [-0.3, -0.25) is 0 Å². The van der Waals surface area contributed by atoms with Crippen LogP contribution in [0, 0.1) is 0 Å². The molecule has 15 heavy (non-hydrogen) atoms. The van der Waals surface area contributed by atoms with Crippen molar-refractivity contribution in [2.24, 2.45) is 5.73 Å². The SMILES string of the molecule is NCc1nnc(Cc2ccc(Cl)cc2)o1. The Kier molecular flexibility index (Phi) is 2.99. The van der Waals surface area contributed by atoms with Gasteiger partial charge in [0, 0.05) is 5.02 Å². The Bertz CT molecular complexity index is 438. The van der Waals surface area contributed by atoms with Crippen molar-refractivity contribution in [1.82, 2.24) is 10.2 Å². The van der Waals surface area contributed by atoms with E-state index in [1.54, 1.807) is 0 Å². The third-order valence-corrected chi connectivity index (χ3v) is 2.20. The Morgan fingerprint density at radius 1 is 1.13 bits per heavy atom. The average Bonchev–Trinajstić information content (AvgIpc) is 2.69. The smallest absolute Gasteiger partial charge is 0.230 e. The van der Waals surface area contributed by atoms with Gasteiger partial charge in [-0.1, -0.05) is 23.7 Å². The molecule has 0 radical (unpaired) electrons. The van der Waals surface area contributed by atoms with Crippen LogP contribution in [0.2, 0.25) is 5.02 Å². The predicted octanol–water partition coefficient (Wildman–Crippen LogP) is 1.77. The van der Waals surface area contributed by atoms with Crippen molar-refractivity contribution in [2.45, 2.75) is 13.0 Å². The molecule has 0 spiro atoms. The number of benzene rings is 1. The molecule has 4 nitrogen and oxygen atoms in total. The molecule has 0 bridgehead atoms. The second-order valence-electron chi connectivity index (χ2n) is 3.10. The monoisotopic (exact) mass is 223 g/mol. The largest absolute Gasteiger partial charge is 0.424 e. The van der Waals surface area contributed by atoms with E-state index >= 15 is 0 Å². The van der Waals surface area contributed by atoms with E-state index in [-0.39, 0.29) is 6.54 Å². The fraction of sp³-hybridized carbons (Fsp3) is 0.200. The van der Waals surface area contributed by atoms with Crippen molar-refractivity contribution in [2.75, 3.05) is 0 Å². The van der Waals surface area contributed by atoms with E-state index in [0.29, 0.717) is 23.2 Å². The van der Waals surface area contributed by atoms with Gasteiger partial charge in [-0.15, -0.1) is 10.2 Å². The van der Waals surface area contributed by atoms with Gasteiger partial charge < -0.3 is 10.2 Å². The predicted molar refractivity (Wildman–Crippen MR) is 56.4 cm³/mol. The Balaban J connectivity index is 2.11. The second kappa shape index (κ2) is 4.42. The maximum Gasteiger partial charge on any atom is 0.230 e. The molecule has 0 amide bonds. The molecule has 0 unspecified atom stereocenters. The fourth-order valence-electron chi connectivity index (χ4n) is 1.22. The fourth-order valence-corrected chi connectivity index (χ4v) is 1.35. The molecule has 0 aliphatic carbocycles. The standard InChI is InChI=1S/C10H10ClN3O/c11-8-3-1-7(2-4-8)5-9-13-14-10(6-12)15-9/h1-4H,5-6,12H2. The van der Waals surface area contributed by atoms with Crippen LogP contribution in [0.1, 0.15) is 17.3 Å². The van der Waals surface area contributed by atoms with E-state index in [1.807, 2.05) is 24.3 Å². The van der Waals surface area contributed by atoms with Crippen molar-refractivity contribution in [1.29, 1.82) is 0 Å². The van der Waals surface area contributed by atoms with Gasteiger partial charge in [-0.2, -0.15) is 0 Å². The summed E-state index contributed by atoms with van der Waals surface area (Å²) >= 11 is 5.77. The number of nitrogens with zero attached hydrogens (tertiary/aromatic N) is 2. The lowest BCUT2D eigenvalue weighted by Crippen LogP contribution is -1.95. The van der Waals surface area contributed by atoms with Crippen LogP contribution in [-0.2, 0) is 13.0 Å². The van der Waals surface area contributed by atoms with Crippen LogP contribution in [-0.4, -0.2) is 10.2 Å². The van der Waals surface area contributed by atoms with Gasteiger partial charge in [0.2, 0.25) is 11.8 Å². The van der Waals surface area contributed by atoms with Gasteiger partial charge in [0.1, 0.15) is 0 Å². The van der Waals surface area contributed by atoms with Crippen molar-refractivity contribution < 1.29 is 4.42 Å². The summed E-state index contributed by atoms with van der Waals surface area (Å²) in [5.74, 6) is 1.02. The van der Waals surface area contributed by atoms with E-state index in [2.05, 4.69) is 10.2 Å². The van der Waals surface area contributed by atoms with Crippen molar-refractivity contribution in [3.8, 4) is 0 Å². The van der Waals surface area contributed by atoms with E-state index in [4.69, 9.17) is 21.8 Å². The molecule has 0 aliphatic rings. The number of hydrogen-bond donors (Lipinski definition) is 1. The van der Waals surface area contributed by atoms with Gasteiger partial charge in [0.15, 0.2) is 0 Å². The first-order valence-corrected chi connectivity index (χ1v) is 4.91. The molecule has 0 aliphatic heterocycles. The first-order chi connectivity index (χ1) is 7.28. The highest BCUT2D eigenvalue weighted by atomic mass is 35.5. The summed E-state index contributed by atoms with van der Waals surface area (Å²) in [6.45, 7) is 0.271. The van der Waals surface area contributed by atoms with E-state index in [9.17, 15) is 0 Å². The zero-order chi connectivity index (χ0) is 10.7. The van der Waals surface area contributed by atoms with Gasteiger partial charge >= 0.3 is 0 Å². The van der Waals surface area contributed by atoms with E-state index < -0.39 is 0 Å². The van der Waals surface area contributed by atoms with E-state index in [1.165, 1.54) is 0 Å². The quantitative estimate of drug-likeness (QED) is 0.862. The minimum Gasteiger partial charge on any atom is -0.424 e. The maximum atomic E-state index is 5.77. The lowest BCUT2D eigenvalue weighted by Gasteiger charge is -1.96. The van der Waals surface area contributed by atoms with Crippen LogP contribution in [0.3, 0.4) is 0 Å². The van der Waals surface area contributed by atoms with Gasteiger partial charge in [0.25, 0.3) is 0 Å². The zero-order valence-electron chi connectivity index (χ0n) is 7.98. The molecule has 0 saturated heterocycles. The Morgan fingerprint density at radius 2 is 1.80 bits per heavy atom. The Hall–Kier alpha value is -1.39. The molecule has 0 fully saturated rings. The van der Waals surface area contributed by atoms with Crippen LogP contribution < -0.4 is 5.73 Å². The topological polar surface area (TPSA) is 64.9 Å². The number of rotatable bonds is 3. The molecular formula is C10H10ClN3O. The lowest BCUT2D eigenvalue weighted by molar-refractivity contribution is 0.459. The summed E-state index contributed by atoms with van der Waals surface area (Å²) in [5, 5.41) is 8.37. The molecule has 2 N–H and O–H groups in total. The molecule has 2 aromatic rings. The van der Waals surface area contributed by atoms with Crippen LogP contribution in [0.4, 0.5) is 0 Å². The molecule has 0 saturated carbocycles. The summed E-state index contributed by atoms with van der Waals surface area (Å²) in [7, 11) is 0. The highest BCUT2D eigenvalue weighted by Gasteiger charge is 2.05. The van der Waals surface area contributed by atoms with Crippen LogP contribution in [0.15, 0.2) is 28.7 Å². The zero-order valence-corrected chi connectivity index (χ0v) is 8.74. The molecule has 1 aromatic carbocycles. The number of halogens is 1. The molecular weight excluding hydrogens is 214 g/mol. The minimum atomic E-state index is 0.271. The van der Waals surface area contributed by atoms with Crippen LogP contribution >= 0.6 is 11.6 Å². The van der Waals surface area contributed by atoms with Gasteiger partial charge in [-0.25, -0.2) is 0 Å². The highest BCUT2D eigenvalue weighted by molar-refractivity contribution is 6.30. The summed E-state index contributed by atoms with van der Waals surface area (Å²) < 4.78 is 5.29. The van der Waals surface area contributed by atoms with Gasteiger partial charge in [-0.05, 0) is 17.7 Å². The molecule has 5 heteroatoms. The number of aromatic nitrogens is 2. The Morgan fingerprint density at radius 3 is 2.40 bits per heavy atom. The third-order valence-electron chi connectivity index (χ3n) is 1.95. The first-order valence-electron chi connectivity index (χ1n) is 4.53. The maximum absolute atomic E-state index is 5.77. The summed E-state index contributed by atoms with van der Waals surface area (Å²) in [6.07, 6.45) is 0.601. The average molecular weight is 224 g/mol. The van der Waals surface area contributed by atoms with Crippen molar-refractivity contribution >= 4 is 11.6 Å². The van der Waals surface area contributed by atoms with Crippen LogP contribution in [0.25, 0.3) is 0 Å². The first kappa shape index (κ1) is 10.1. The molecule has 78 valence electrons. The molecule has 1 heterocycles. The van der Waals surface area contributed by atoms with Gasteiger partial charge in [0.05, 0.1) is 13.0 Å². The number of nitrogens with two attached hydrogens (primary N) is 1. The molecule has 1 aromatic heterocycles. The van der Waals surface area contributed by atoms with Crippen LogP contribution in [0.5, 0.6) is 0 Å². The summed E-state index contributed by atoms with van der Waals surface area (Å²) in [5.41, 5.74) is 6.44. The molecule has 0 atom stereocenters. The molecule has 2 rings (SSSR count).